The summed E-state index contributed by atoms with van der Waals surface area (Å²) >= 11 is 1.40. The molecule has 0 aliphatic carbocycles. The zero-order chi connectivity index (χ0) is 18.1. The van der Waals surface area contributed by atoms with Crippen molar-refractivity contribution in [1.82, 2.24) is 20.2 Å². The van der Waals surface area contributed by atoms with E-state index in [9.17, 15) is 4.79 Å². The number of nitrogens with one attached hydrogen (secondary N) is 2. The third-order valence-corrected chi connectivity index (χ3v) is 4.66. The number of aromatic nitrogens is 4. The van der Waals surface area contributed by atoms with Crippen LogP contribution in [0.5, 0.6) is 11.5 Å². The highest BCUT2D eigenvalue weighted by molar-refractivity contribution is 7.13. The van der Waals surface area contributed by atoms with Crippen LogP contribution in [0.4, 0.5) is 5.13 Å². The van der Waals surface area contributed by atoms with E-state index < -0.39 is 0 Å². The number of aromatic amines is 1. The molecule has 0 saturated heterocycles. The van der Waals surface area contributed by atoms with Crippen molar-refractivity contribution >= 4 is 33.4 Å². The predicted molar refractivity (Wildman–Crippen MR) is 99.9 cm³/mol. The number of rotatable bonds is 4. The Morgan fingerprint density at radius 3 is 2.73 bits per heavy atom. The number of H-pyrrole nitrogens is 1. The van der Waals surface area contributed by atoms with E-state index >= 15 is 0 Å². The van der Waals surface area contributed by atoms with Gasteiger partial charge in [-0.3, -0.25) is 15.2 Å². The Morgan fingerprint density at radius 2 is 2.00 bits per heavy atom. The first kappa shape index (κ1) is 16.2. The summed E-state index contributed by atoms with van der Waals surface area (Å²) in [5, 5.41) is 13.1. The molecule has 0 fully saturated rings. The molecule has 7 nitrogen and oxygen atoms in total. The molecule has 130 valence electrons. The number of pyridine rings is 1. The molecule has 0 atom stereocenters. The Balaban J connectivity index is 1.52. The summed E-state index contributed by atoms with van der Waals surface area (Å²) in [5.41, 5.74) is 2.91. The number of fused-ring (bicyclic) bond motifs is 1. The zero-order valence-electron chi connectivity index (χ0n) is 14.1. The minimum Gasteiger partial charge on any atom is -0.456 e. The number of nitrogens with zero attached hydrogens (tertiary/aromatic N) is 3. The van der Waals surface area contributed by atoms with Gasteiger partial charge in [0.15, 0.2) is 10.8 Å². The minimum absolute atomic E-state index is 0.206. The lowest BCUT2D eigenvalue weighted by atomic mass is 10.2. The van der Waals surface area contributed by atoms with Crippen molar-refractivity contribution in [3.63, 3.8) is 0 Å². The van der Waals surface area contributed by atoms with E-state index in [1.54, 1.807) is 36.5 Å². The van der Waals surface area contributed by atoms with E-state index in [0.29, 0.717) is 27.8 Å². The molecule has 0 saturated carbocycles. The van der Waals surface area contributed by atoms with Crippen molar-refractivity contribution in [2.75, 3.05) is 5.32 Å². The molecule has 4 aromatic rings. The van der Waals surface area contributed by atoms with Gasteiger partial charge >= 0.3 is 0 Å². The molecule has 0 unspecified atom stereocenters. The second kappa shape index (κ2) is 6.57. The molecule has 0 aliphatic heterocycles. The fourth-order valence-corrected chi connectivity index (χ4v) is 3.21. The monoisotopic (exact) mass is 365 g/mol. The van der Waals surface area contributed by atoms with Crippen molar-refractivity contribution < 1.29 is 9.53 Å². The van der Waals surface area contributed by atoms with Gasteiger partial charge in [0.25, 0.3) is 5.91 Å². The molecule has 4 rings (SSSR count). The maximum Gasteiger partial charge on any atom is 0.257 e. The number of benzene rings is 1. The number of carbonyl (C=O) groups excluding carboxylic acids is 1. The van der Waals surface area contributed by atoms with Crippen LogP contribution in [0.15, 0.2) is 41.9 Å². The van der Waals surface area contributed by atoms with Crippen LogP contribution >= 0.6 is 11.3 Å². The molecular formula is C18H15N5O2S. The summed E-state index contributed by atoms with van der Waals surface area (Å²) < 4.78 is 5.95. The first-order chi connectivity index (χ1) is 12.6. The molecule has 0 radical (unpaired) electrons. The first-order valence-corrected chi connectivity index (χ1v) is 8.79. The van der Waals surface area contributed by atoms with Gasteiger partial charge in [-0.05, 0) is 44.2 Å². The second-order valence-electron chi connectivity index (χ2n) is 5.73. The fourth-order valence-electron chi connectivity index (χ4n) is 2.53. The lowest BCUT2D eigenvalue weighted by Crippen LogP contribution is -2.11. The summed E-state index contributed by atoms with van der Waals surface area (Å²) in [6.07, 6.45) is 1.65. The highest BCUT2D eigenvalue weighted by atomic mass is 32.1. The molecule has 26 heavy (non-hydrogen) atoms. The number of amides is 1. The number of ether oxygens (including phenoxy) is 1. The van der Waals surface area contributed by atoms with Gasteiger partial charge in [-0.2, -0.15) is 5.10 Å². The van der Waals surface area contributed by atoms with Crippen LogP contribution in [0, 0.1) is 13.8 Å². The first-order valence-electron chi connectivity index (χ1n) is 7.91. The Labute approximate surface area is 153 Å². The highest BCUT2D eigenvalue weighted by Gasteiger charge is 2.12. The molecule has 0 spiro atoms. The van der Waals surface area contributed by atoms with Crippen molar-refractivity contribution in [2.24, 2.45) is 0 Å². The van der Waals surface area contributed by atoms with Crippen LogP contribution in [-0.4, -0.2) is 26.1 Å². The summed E-state index contributed by atoms with van der Waals surface area (Å²) in [4.78, 5) is 20.7. The summed E-state index contributed by atoms with van der Waals surface area (Å²) in [6.45, 7) is 3.80. The topological polar surface area (TPSA) is 92.8 Å². The van der Waals surface area contributed by atoms with Crippen LogP contribution in [0.1, 0.15) is 21.7 Å². The number of carbonyl (C=O) groups is 1. The van der Waals surface area contributed by atoms with E-state index in [1.807, 2.05) is 19.2 Å². The predicted octanol–water partition coefficient (Wildman–Crippen LogP) is 4.08. The van der Waals surface area contributed by atoms with Gasteiger partial charge < -0.3 is 4.74 Å². The Kier molecular flexibility index (Phi) is 4.10. The van der Waals surface area contributed by atoms with Crippen molar-refractivity contribution in [1.29, 1.82) is 0 Å². The van der Waals surface area contributed by atoms with Gasteiger partial charge in [0.1, 0.15) is 11.5 Å². The average Bonchev–Trinajstić information content (AvgIpc) is 3.22. The van der Waals surface area contributed by atoms with E-state index in [2.05, 4.69) is 25.5 Å². The quantitative estimate of drug-likeness (QED) is 0.568. The van der Waals surface area contributed by atoms with Crippen LogP contribution in [0.25, 0.3) is 11.0 Å². The van der Waals surface area contributed by atoms with Gasteiger partial charge in [0.2, 0.25) is 0 Å². The molecule has 2 N–H and O–H groups in total. The molecule has 3 aromatic heterocycles. The van der Waals surface area contributed by atoms with Gasteiger partial charge in [0.05, 0.1) is 11.1 Å². The largest absolute Gasteiger partial charge is 0.456 e. The van der Waals surface area contributed by atoms with E-state index in [-0.39, 0.29) is 5.91 Å². The molecule has 1 amide bonds. The van der Waals surface area contributed by atoms with Crippen LogP contribution in [0.2, 0.25) is 0 Å². The third kappa shape index (κ3) is 3.14. The molecule has 0 bridgehead atoms. The van der Waals surface area contributed by atoms with E-state index in [1.165, 1.54) is 11.3 Å². The molecule has 8 heteroatoms. The number of hydrogen-bond donors (Lipinski definition) is 2. The lowest BCUT2D eigenvalue weighted by Gasteiger charge is -2.08. The van der Waals surface area contributed by atoms with Crippen molar-refractivity contribution in [3.05, 3.63) is 58.9 Å². The van der Waals surface area contributed by atoms with Gasteiger partial charge in [-0.15, -0.1) is 11.3 Å². The van der Waals surface area contributed by atoms with E-state index in [4.69, 9.17) is 4.74 Å². The second-order valence-corrected chi connectivity index (χ2v) is 6.59. The molecular weight excluding hydrogens is 350 g/mol. The van der Waals surface area contributed by atoms with Crippen molar-refractivity contribution in [3.8, 4) is 11.5 Å². The summed E-state index contributed by atoms with van der Waals surface area (Å²) in [7, 11) is 0. The number of anilines is 1. The number of thiazole rings is 1. The van der Waals surface area contributed by atoms with E-state index in [0.717, 1.165) is 16.8 Å². The van der Waals surface area contributed by atoms with Gasteiger partial charge in [0, 0.05) is 22.8 Å². The average molecular weight is 365 g/mol. The Hall–Kier alpha value is -3.26. The lowest BCUT2D eigenvalue weighted by molar-refractivity contribution is 0.102. The normalized spacial score (nSPS) is 10.8. The maximum atomic E-state index is 12.3. The summed E-state index contributed by atoms with van der Waals surface area (Å²) in [6, 6.07) is 8.72. The number of hydrogen-bond acceptors (Lipinski definition) is 6. The SMILES string of the molecule is Cc1csc(NC(=O)c2ccc(Oc3ccnc4n[nH]c(C)c34)cc2)n1. The third-order valence-electron chi connectivity index (χ3n) is 3.78. The van der Waals surface area contributed by atoms with Gasteiger partial charge in [-0.25, -0.2) is 9.97 Å². The number of aryl methyl sites for hydroxylation is 2. The summed E-state index contributed by atoms with van der Waals surface area (Å²) in [5.74, 6) is 1.08. The smallest absolute Gasteiger partial charge is 0.257 e. The van der Waals surface area contributed by atoms with Crippen LogP contribution in [0.3, 0.4) is 0 Å². The highest BCUT2D eigenvalue weighted by Crippen LogP contribution is 2.30. The molecule has 3 heterocycles. The maximum absolute atomic E-state index is 12.3. The zero-order valence-corrected chi connectivity index (χ0v) is 14.9. The van der Waals surface area contributed by atoms with Gasteiger partial charge in [-0.1, -0.05) is 0 Å². The Morgan fingerprint density at radius 1 is 1.19 bits per heavy atom. The van der Waals surface area contributed by atoms with Crippen LogP contribution < -0.4 is 10.1 Å². The van der Waals surface area contributed by atoms with Crippen LogP contribution in [-0.2, 0) is 0 Å². The Bertz CT molecular complexity index is 1080. The fraction of sp³-hybridized carbons (Fsp3) is 0.111. The molecule has 1 aromatic carbocycles. The standard InChI is InChI=1S/C18H15N5O2S/c1-10-9-26-18(20-10)21-17(24)12-3-5-13(6-4-12)25-14-7-8-19-16-15(14)11(2)22-23-16/h3-9H,1-2H3,(H,19,22,23)(H,20,21,24). The minimum atomic E-state index is -0.206. The van der Waals surface area contributed by atoms with Crippen molar-refractivity contribution in [2.45, 2.75) is 13.8 Å². The molecule has 0 aliphatic rings.